The maximum absolute atomic E-state index is 13.3. The predicted octanol–water partition coefficient (Wildman–Crippen LogP) is 4.69. The van der Waals surface area contributed by atoms with E-state index in [0.717, 1.165) is 13.0 Å². The fraction of sp³-hybridized carbons (Fsp3) is 0.625. The summed E-state index contributed by atoms with van der Waals surface area (Å²) in [4.78, 5) is 0. The first kappa shape index (κ1) is 15.0. The first-order valence-electron chi connectivity index (χ1n) is 7.22. The molecule has 0 spiro atoms. The summed E-state index contributed by atoms with van der Waals surface area (Å²) < 4.78 is 13.9. The van der Waals surface area contributed by atoms with E-state index in [4.69, 9.17) is 0 Å². The van der Waals surface area contributed by atoms with Crippen molar-refractivity contribution in [3.05, 3.63) is 34.1 Å². The molecule has 1 aromatic rings. The topological polar surface area (TPSA) is 12.0 Å². The van der Waals surface area contributed by atoms with Gasteiger partial charge in [-0.15, -0.1) is 0 Å². The molecular weight excluding hydrogens is 305 g/mol. The Labute approximate surface area is 124 Å². The van der Waals surface area contributed by atoms with Gasteiger partial charge < -0.3 is 5.32 Å². The minimum atomic E-state index is -0.184. The fourth-order valence-electron chi connectivity index (χ4n) is 3.24. The predicted molar refractivity (Wildman–Crippen MR) is 81.8 cm³/mol. The monoisotopic (exact) mass is 327 g/mol. The lowest BCUT2D eigenvalue weighted by Gasteiger charge is -2.35. The van der Waals surface area contributed by atoms with Crippen molar-refractivity contribution in [2.75, 3.05) is 6.54 Å². The number of hydrogen-bond acceptors (Lipinski definition) is 1. The molecule has 2 rings (SSSR count). The average Bonchev–Trinajstić information content (AvgIpc) is 2.81. The van der Waals surface area contributed by atoms with Crippen molar-refractivity contribution in [2.24, 2.45) is 5.41 Å². The molecule has 0 aliphatic heterocycles. The zero-order valence-electron chi connectivity index (χ0n) is 11.8. The van der Waals surface area contributed by atoms with Gasteiger partial charge in [-0.05, 0) is 64.8 Å². The van der Waals surface area contributed by atoms with Crippen LogP contribution in [0.25, 0.3) is 0 Å². The van der Waals surface area contributed by atoms with Gasteiger partial charge >= 0.3 is 0 Å². The van der Waals surface area contributed by atoms with Crippen LogP contribution in [0.3, 0.4) is 0 Å². The van der Waals surface area contributed by atoms with Crippen molar-refractivity contribution < 1.29 is 4.39 Å². The highest BCUT2D eigenvalue weighted by atomic mass is 79.9. The van der Waals surface area contributed by atoms with Gasteiger partial charge in [0, 0.05) is 6.04 Å². The molecule has 0 aromatic heterocycles. The lowest BCUT2D eigenvalue weighted by Crippen LogP contribution is -2.43. The smallest absolute Gasteiger partial charge is 0.137 e. The molecule has 19 heavy (non-hydrogen) atoms. The van der Waals surface area contributed by atoms with Crippen LogP contribution >= 0.6 is 15.9 Å². The summed E-state index contributed by atoms with van der Waals surface area (Å²) in [6, 6.07) is 5.86. The molecule has 1 fully saturated rings. The Morgan fingerprint density at radius 2 is 2.05 bits per heavy atom. The van der Waals surface area contributed by atoms with Crippen LogP contribution in [0.4, 0.5) is 4.39 Å². The second-order valence-corrected chi connectivity index (χ2v) is 6.78. The molecule has 3 heteroatoms. The molecule has 0 bridgehead atoms. The fourth-order valence-corrected chi connectivity index (χ4v) is 3.67. The van der Waals surface area contributed by atoms with E-state index in [1.165, 1.54) is 31.2 Å². The lowest BCUT2D eigenvalue weighted by molar-refractivity contribution is 0.222. The molecule has 1 aliphatic rings. The normalized spacial score (nSPS) is 19.6. The molecule has 1 atom stereocenters. The SMILES string of the molecule is CCNC(Cc1ccc(F)c(Br)c1)C1(C)CCCC1. The van der Waals surface area contributed by atoms with Crippen molar-refractivity contribution in [2.45, 2.75) is 52.0 Å². The Kier molecular flexibility index (Phi) is 5.02. The van der Waals surface area contributed by atoms with Gasteiger partial charge in [-0.3, -0.25) is 0 Å². The standard InChI is InChI=1S/C16H23BrFN/c1-3-19-15(16(2)8-4-5-9-16)11-12-6-7-14(18)13(17)10-12/h6-7,10,15,19H,3-5,8-9,11H2,1-2H3. The molecule has 1 unspecified atom stereocenters. The number of halogens is 2. The number of rotatable bonds is 5. The third-order valence-electron chi connectivity index (χ3n) is 4.46. The van der Waals surface area contributed by atoms with E-state index in [2.05, 4.69) is 35.1 Å². The van der Waals surface area contributed by atoms with E-state index in [1.54, 1.807) is 6.07 Å². The Balaban J connectivity index is 2.13. The quantitative estimate of drug-likeness (QED) is 0.827. The zero-order valence-corrected chi connectivity index (χ0v) is 13.4. The van der Waals surface area contributed by atoms with Crippen molar-refractivity contribution in [1.82, 2.24) is 5.32 Å². The molecule has 0 radical (unpaired) electrons. The van der Waals surface area contributed by atoms with Crippen LogP contribution in [-0.2, 0) is 6.42 Å². The highest BCUT2D eigenvalue weighted by Gasteiger charge is 2.36. The Hall–Kier alpha value is -0.410. The molecule has 1 aromatic carbocycles. The van der Waals surface area contributed by atoms with Crippen LogP contribution in [0.5, 0.6) is 0 Å². The molecule has 0 saturated heterocycles. The molecule has 106 valence electrons. The van der Waals surface area contributed by atoms with Gasteiger partial charge in [-0.2, -0.15) is 0 Å². The van der Waals surface area contributed by atoms with Crippen LogP contribution in [0.15, 0.2) is 22.7 Å². The van der Waals surface area contributed by atoms with Gasteiger partial charge in [0.2, 0.25) is 0 Å². The molecule has 1 aliphatic carbocycles. The third kappa shape index (κ3) is 3.57. The number of nitrogens with one attached hydrogen (secondary N) is 1. The van der Waals surface area contributed by atoms with E-state index in [9.17, 15) is 4.39 Å². The summed E-state index contributed by atoms with van der Waals surface area (Å²) in [6.45, 7) is 5.54. The summed E-state index contributed by atoms with van der Waals surface area (Å²) in [6.07, 6.45) is 6.25. The van der Waals surface area contributed by atoms with Crippen LogP contribution < -0.4 is 5.32 Å². The minimum absolute atomic E-state index is 0.184. The van der Waals surface area contributed by atoms with Gasteiger partial charge in [0.15, 0.2) is 0 Å². The second kappa shape index (κ2) is 6.36. The Morgan fingerprint density at radius 3 is 2.63 bits per heavy atom. The van der Waals surface area contributed by atoms with Gasteiger partial charge in [-0.1, -0.05) is 32.8 Å². The van der Waals surface area contributed by atoms with Crippen molar-refractivity contribution in [3.63, 3.8) is 0 Å². The van der Waals surface area contributed by atoms with Crippen molar-refractivity contribution in [3.8, 4) is 0 Å². The average molecular weight is 328 g/mol. The molecule has 1 N–H and O–H groups in total. The van der Waals surface area contributed by atoms with E-state index in [-0.39, 0.29) is 5.82 Å². The molecule has 1 nitrogen and oxygen atoms in total. The van der Waals surface area contributed by atoms with E-state index in [0.29, 0.717) is 15.9 Å². The highest BCUT2D eigenvalue weighted by molar-refractivity contribution is 9.10. The second-order valence-electron chi connectivity index (χ2n) is 5.92. The Bertz CT molecular complexity index is 427. The first-order chi connectivity index (χ1) is 9.05. The van der Waals surface area contributed by atoms with Crippen molar-refractivity contribution in [1.29, 1.82) is 0 Å². The summed E-state index contributed by atoms with van der Waals surface area (Å²) >= 11 is 3.28. The van der Waals surface area contributed by atoms with Crippen LogP contribution in [-0.4, -0.2) is 12.6 Å². The third-order valence-corrected chi connectivity index (χ3v) is 5.07. The van der Waals surface area contributed by atoms with E-state index < -0.39 is 0 Å². The van der Waals surface area contributed by atoms with Gasteiger partial charge in [0.05, 0.1) is 4.47 Å². The maximum atomic E-state index is 13.3. The van der Waals surface area contributed by atoms with E-state index >= 15 is 0 Å². The van der Waals surface area contributed by atoms with Crippen molar-refractivity contribution >= 4 is 15.9 Å². The first-order valence-corrected chi connectivity index (χ1v) is 8.02. The van der Waals surface area contributed by atoms with Gasteiger partial charge in [0.25, 0.3) is 0 Å². The van der Waals surface area contributed by atoms with Crippen LogP contribution in [0.2, 0.25) is 0 Å². The van der Waals surface area contributed by atoms with E-state index in [1.807, 2.05) is 12.1 Å². The number of hydrogen-bond donors (Lipinski definition) is 1. The maximum Gasteiger partial charge on any atom is 0.137 e. The largest absolute Gasteiger partial charge is 0.313 e. The molecule has 0 heterocycles. The highest BCUT2D eigenvalue weighted by Crippen LogP contribution is 2.41. The zero-order chi connectivity index (χ0) is 13.9. The number of likely N-dealkylation sites (N-methyl/N-ethyl adjacent to an activating group) is 1. The summed E-state index contributed by atoms with van der Waals surface area (Å²) in [5.74, 6) is -0.184. The van der Waals surface area contributed by atoms with Gasteiger partial charge in [-0.25, -0.2) is 4.39 Å². The van der Waals surface area contributed by atoms with Gasteiger partial charge in [0.1, 0.15) is 5.82 Å². The summed E-state index contributed by atoms with van der Waals surface area (Å²) in [5, 5.41) is 3.64. The molecule has 0 amide bonds. The van der Waals surface area contributed by atoms with Crippen LogP contribution in [0, 0.1) is 11.2 Å². The lowest BCUT2D eigenvalue weighted by atomic mass is 9.78. The minimum Gasteiger partial charge on any atom is -0.313 e. The van der Waals surface area contributed by atoms with Crippen LogP contribution in [0.1, 0.15) is 45.1 Å². The molecule has 1 saturated carbocycles. The summed E-state index contributed by atoms with van der Waals surface area (Å²) in [5.41, 5.74) is 1.59. The Morgan fingerprint density at radius 1 is 1.37 bits per heavy atom. The number of benzene rings is 1. The summed E-state index contributed by atoms with van der Waals surface area (Å²) in [7, 11) is 0. The molecular formula is C16H23BrFN.